The highest BCUT2D eigenvalue weighted by Crippen LogP contribution is 2.64. The van der Waals surface area contributed by atoms with Gasteiger partial charge < -0.3 is 35.0 Å². The first-order chi connectivity index (χ1) is 25.2. The molecule has 0 amide bonds. The number of carbonyl (C=O) groups excluding carboxylic acids is 1. The van der Waals surface area contributed by atoms with Crippen molar-refractivity contribution < 1.29 is 39.8 Å². The van der Waals surface area contributed by atoms with Gasteiger partial charge in [-0.3, -0.25) is 10.5 Å². The molecule has 1 saturated carbocycles. The fourth-order valence-corrected chi connectivity index (χ4v) is 9.32. The number of ketones is 1. The standard InChI is InChI=1S/C43H47NO8/c44-25-52-38-20-26(12-16-35(38)47)11-14-31(46)22-36(48)32-15-13-28-21-34(43(17-4-5-18-43)29-8-2-1-3-9-29)40(32)33-23-37(49)41(50)42(39(28)33)51-24-27-7-6-10-30(45)19-27/h1-3,6-10,12-13,15-16,19-20,23,28,32,34,36,40,45,47-50H,4-5,11,14,17-18,21-22,24-25,44H2/t28-,32-,34-,36-,40-/m0/s1. The molecule has 8 rings (SSSR count). The van der Waals surface area contributed by atoms with Crippen LogP contribution in [0, 0.1) is 11.8 Å². The Bertz CT molecular complexity index is 1940. The minimum absolute atomic E-state index is 0.0244. The molecule has 4 aliphatic carbocycles. The number of aryl methyl sites for hydroxylation is 1. The second kappa shape index (κ2) is 14.9. The summed E-state index contributed by atoms with van der Waals surface area (Å²) in [4.78, 5) is 13.5. The lowest BCUT2D eigenvalue weighted by Crippen LogP contribution is -2.43. The number of carbonyl (C=O) groups is 1. The third-order valence-electron chi connectivity index (χ3n) is 11.6. The Morgan fingerprint density at radius 2 is 1.65 bits per heavy atom. The number of hydrogen-bond donors (Lipinski definition) is 6. The number of phenols is 4. The molecular formula is C43H47NO8. The van der Waals surface area contributed by atoms with E-state index in [9.17, 15) is 30.3 Å². The normalized spacial score (nSPS) is 22.0. The smallest absolute Gasteiger partial charge is 0.200 e. The topological polar surface area (TPSA) is 163 Å². The zero-order valence-corrected chi connectivity index (χ0v) is 29.2. The Morgan fingerprint density at radius 1 is 0.865 bits per heavy atom. The molecule has 5 atom stereocenters. The monoisotopic (exact) mass is 705 g/mol. The summed E-state index contributed by atoms with van der Waals surface area (Å²) >= 11 is 0. The number of ether oxygens (including phenoxy) is 2. The van der Waals surface area contributed by atoms with Gasteiger partial charge in [-0.15, -0.1) is 0 Å². The molecule has 0 spiro atoms. The van der Waals surface area contributed by atoms with E-state index in [1.807, 2.05) is 18.2 Å². The SMILES string of the molecule is NCOc1cc(CCC(=O)C[C@H](O)[C@@H]2C=C[C@H]3C[C@H](C4(c5ccccc5)CCCC4)[C@@H]2c2cc(O)c(O)c(OCc4cccc(O)c4)c23)ccc1O. The number of aliphatic hydroxyl groups is 1. The highest BCUT2D eigenvalue weighted by atomic mass is 16.5. The first kappa shape index (κ1) is 35.4. The number of nitrogens with two attached hydrogens (primary N) is 1. The highest BCUT2D eigenvalue weighted by Gasteiger charge is 2.54. The van der Waals surface area contributed by atoms with E-state index in [4.69, 9.17) is 15.2 Å². The molecule has 0 aliphatic heterocycles. The summed E-state index contributed by atoms with van der Waals surface area (Å²) in [5.41, 5.74) is 9.72. The number of Topliss-reactive ketones (excluding diaryl/α,β-unsaturated/α-hetero) is 1. The summed E-state index contributed by atoms with van der Waals surface area (Å²) in [7, 11) is 0. The molecule has 9 nitrogen and oxygen atoms in total. The van der Waals surface area contributed by atoms with Crippen molar-refractivity contribution in [3.05, 3.63) is 119 Å². The van der Waals surface area contributed by atoms with Crippen molar-refractivity contribution in [1.29, 1.82) is 0 Å². The maximum atomic E-state index is 13.5. The van der Waals surface area contributed by atoms with Crippen LogP contribution in [0.15, 0.2) is 91.0 Å². The molecule has 0 radical (unpaired) electrons. The number of aromatic hydroxyl groups is 4. The molecule has 0 unspecified atom stereocenters. The van der Waals surface area contributed by atoms with Crippen molar-refractivity contribution in [2.24, 2.45) is 17.6 Å². The Kier molecular flexibility index (Phi) is 10.2. The van der Waals surface area contributed by atoms with Crippen LogP contribution in [0.25, 0.3) is 0 Å². The zero-order chi connectivity index (χ0) is 36.4. The fraction of sp³-hybridized carbons (Fsp3) is 0.372. The summed E-state index contributed by atoms with van der Waals surface area (Å²) in [6, 6.07) is 23.9. The molecule has 7 N–H and O–H groups in total. The molecule has 272 valence electrons. The summed E-state index contributed by atoms with van der Waals surface area (Å²) < 4.78 is 11.6. The van der Waals surface area contributed by atoms with Gasteiger partial charge in [-0.2, -0.15) is 0 Å². The Hall–Kier alpha value is -4.99. The van der Waals surface area contributed by atoms with E-state index in [1.54, 1.807) is 36.4 Å². The van der Waals surface area contributed by atoms with E-state index in [0.717, 1.165) is 48.8 Å². The second-order valence-electron chi connectivity index (χ2n) is 14.6. The number of aliphatic hydroxyl groups excluding tert-OH is 1. The van der Waals surface area contributed by atoms with E-state index in [-0.39, 0.29) is 89.6 Å². The van der Waals surface area contributed by atoms with Crippen LogP contribution in [0.3, 0.4) is 0 Å². The van der Waals surface area contributed by atoms with Crippen LogP contribution in [0.2, 0.25) is 0 Å². The van der Waals surface area contributed by atoms with Crippen LogP contribution >= 0.6 is 0 Å². The van der Waals surface area contributed by atoms with Crippen LogP contribution in [0.1, 0.15) is 84.6 Å². The number of hydrogen-bond acceptors (Lipinski definition) is 9. The molecule has 2 bridgehead atoms. The molecule has 0 aromatic heterocycles. The van der Waals surface area contributed by atoms with Crippen molar-refractivity contribution in [2.45, 2.75) is 81.3 Å². The average molecular weight is 706 g/mol. The van der Waals surface area contributed by atoms with Gasteiger partial charge in [0.05, 0.1) is 6.10 Å². The number of fused-ring (bicyclic) bond motifs is 2. The predicted octanol–water partition coefficient (Wildman–Crippen LogP) is 7.22. The van der Waals surface area contributed by atoms with Gasteiger partial charge >= 0.3 is 0 Å². The van der Waals surface area contributed by atoms with E-state index in [2.05, 4.69) is 30.3 Å². The minimum atomic E-state index is -1.00. The minimum Gasteiger partial charge on any atom is -0.508 e. The van der Waals surface area contributed by atoms with Crippen molar-refractivity contribution >= 4 is 5.78 Å². The van der Waals surface area contributed by atoms with Crippen LogP contribution < -0.4 is 15.2 Å². The quantitative estimate of drug-likeness (QED) is 0.0479. The molecule has 0 heterocycles. The van der Waals surface area contributed by atoms with Crippen LogP contribution in [0.4, 0.5) is 0 Å². The number of rotatable bonds is 13. The van der Waals surface area contributed by atoms with E-state index >= 15 is 0 Å². The number of phenolic OH excluding ortho intramolecular Hbond substituents is 4. The highest BCUT2D eigenvalue weighted by molar-refractivity contribution is 5.79. The van der Waals surface area contributed by atoms with Gasteiger partial charge in [0.25, 0.3) is 0 Å². The third-order valence-corrected chi connectivity index (χ3v) is 11.6. The van der Waals surface area contributed by atoms with Gasteiger partial charge in [-0.1, -0.05) is 73.5 Å². The predicted molar refractivity (Wildman–Crippen MR) is 197 cm³/mol. The lowest BCUT2D eigenvalue weighted by molar-refractivity contribution is -0.121. The van der Waals surface area contributed by atoms with Gasteiger partial charge in [0.15, 0.2) is 23.0 Å². The van der Waals surface area contributed by atoms with Crippen LogP contribution in [0.5, 0.6) is 34.5 Å². The largest absolute Gasteiger partial charge is 0.508 e. The summed E-state index contributed by atoms with van der Waals surface area (Å²) in [6.45, 7) is -0.0187. The molecule has 52 heavy (non-hydrogen) atoms. The van der Waals surface area contributed by atoms with E-state index in [0.29, 0.717) is 12.0 Å². The van der Waals surface area contributed by atoms with E-state index in [1.165, 1.54) is 11.6 Å². The Morgan fingerprint density at radius 3 is 2.40 bits per heavy atom. The van der Waals surface area contributed by atoms with Gasteiger partial charge in [-0.25, -0.2) is 0 Å². The maximum absolute atomic E-state index is 13.5. The lowest BCUT2D eigenvalue weighted by atomic mass is 9.55. The van der Waals surface area contributed by atoms with Crippen molar-refractivity contribution in [1.82, 2.24) is 0 Å². The van der Waals surface area contributed by atoms with Gasteiger partial charge in [0.2, 0.25) is 5.75 Å². The maximum Gasteiger partial charge on any atom is 0.200 e. The first-order valence-corrected chi connectivity index (χ1v) is 18.3. The molecule has 4 aromatic carbocycles. The van der Waals surface area contributed by atoms with E-state index < -0.39 is 12.0 Å². The van der Waals surface area contributed by atoms with Crippen molar-refractivity contribution in [3.63, 3.8) is 0 Å². The molecule has 4 aromatic rings. The number of benzene rings is 4. The molecular weight excluding hydrogens is 658 g/mol. The Labute approximate surface area is 304 Å². The summed E-state index contributed by atoms with van der Waals surface area (Å²) in [5.74, 6) is -1.01. The molecule has 4 aliphatic rings. The van der Waals surface area contributed by atoms with Gasteiger partial charge in [0, 0.05) is 30.2 Å². The molecule has 1 fully saturated rings. The first-order valence-electron chi connectivity index (χ1n) is 18.3. The third kappa shape index (κ3) is 6.83. The average Bonchev–Trinajstić information content (AvgIpc) is 3.49. The lowest BCUT2D eigenvalue weighted by Gasteiger charge is -2.49. The second-order valence-corrected chi connectivity index (χ2v) is 14.6. The fourth-order valence-electron chi connectivity index (χ4n) is 9.32. The summed E-state index contributed by atoms with van der Waals surface area (Å²) in [6.07, 6.45) is 8.61. The van der Waals surface area contributed by atoms with Gasteiger partial charge in [0.1, 0.15) is 24.9 Å². The zero-order valence-electron chi connectivity index (χ0n) is 29.2. The van der Waals surface area contributed by atoms with Crippen LogP contribution in [-0.2, 0) is 23.2 Å². The Balaban J connectivity index is 1.23. The van der Waals surface area contributed by atoms with Gasteiger partial charge in [-0.05, 0) is 95.5 Å². The van der Waals surface area contributed by atoms with Crippen molar-refractivity contribution in [3.8, 4) is 34.5 Å². The molecule has 9 heteroatoms. The number of allylic oxidation sites excluding steroid dienone is 1. The van der Waals surface area contributed by atoms with Crippen LogP contribution in [-0.4, -0.2) is 44.2 Å². The molecule has 0 saturated heterocycles. The van der Waals surface area contributed by atoms with Crippen molar-refractivity contribution in [2.75, 3.05) is 6.73 Å². The summed E-state index contributed by atoms with van der Waals surface area (Å²) in [5, 5.41) is 54.6.